The molecule has 2 amide bonds. The molecule has 0 saturated heterocycles. The van der Waals surface area contributed by atoms with Crippen LogP contribution in [0, 0.1) is 0 Å². The number of rotatable bonds is 6. The number of amides is 2. The minimum atomic E-state index is -1.11. The Balaban J connectivity index is 2.89. The number of benzene rings is 1. The van der Waals surface area contributed by atoms with E-state index in [2.05, 4.69) is 43.8 Å². The lowest BCUT2D eigenvalue weighted by molar-refractivity contribution is 0.0698. The van der Waals surface area contributed by atoms with E-state index in [1.54, 1.807) is 19.2 Å². The first-order valence-electron chi connectivity index (χ1n) is 6.22. The van der Waals surface area contributed by atoms with Crippen LogP contribution >= 0.6 is 31.9 Å². The van der Waals surface area contributed by atoms with Gasteiger partial charge in [0.2, 0.25) is 0 Å². The van der Waals surface area contributed by atoms with E-state index < -0.39 is 5.97 Å². The van der Waals surface area contributed by atoms with Crippen molar-refractivity contribution >= 4 is 49.5 Å². The molecule has 0 aliphatic rings. The quantitative estimate of drug-likeness (QED) is 0.532. The summed E-state index contributed by atoms with van der Waals surface area (Å²) >= 11 is 6.49. The number of nitrogens with zero attached hydrogens (tertiary/aromatic N) is 1. The number of carbonyl (C=O) groups excluding carboxylic acids is 1. The first-order valence-corrected chi connectivity index (χ1v) is 7.80. The highest BCUT2D eigenvalue weighted by molar-refractivity contribution is 9.11. The van der Waals surface area contributed by atoms with E-state index >= 15 is 0 Å². The normalized spacial score (nSPS) is 10.0. The molecule has 1 aromatic carbocycles. The monoisotopic (exact) mass is 418 g/mol. The Bertz CT molecular complexity index is 561. The van der Waals surface area contributed by atoms with E-state index in [0.717, 1.165) is 12.8 Å². The minimum absolute atomic E-state index is 0.0177. The van der Waals surface area contributed by atoms with Crippen molar-refractivity contribution in [1.29, 1.82) is 0 Å². The Morgan fingerprint density at radius 2 is 2.10 bits per heavy atom. The molecule has 0 fully saturated rings. The summed E-state index contributed by atoms with van der Waals surface area (Å²) in [5.74, 6) is -1.11. The third-order valence-electron chi connectivity index (χ3n) is 2.77. The van der Waals surface area contributed by atoms with Gasteiger partial charge < -0.3 is 15.3 Å². The van der Waals surface area contributed by atoms with Crippen molar-refractivity contribution in [2.75, 3.05) is 18.9 Å². The predicted molar refractivity (Wildman–Crippen MR) is 89.9 cm³/mol. The first kappa shape index (κ1) is 17.7. The van der Waals surface area contributed by atoms with E-state index in [9.17, 15) is 14.7 Å². The van der Waals surface area contributed by atoms with Crippen LogP contribution in [0.3, 0.4) is 0 Å². The van der Waals surface area contributed by atoms with Crippen molar-refractivity contribution in [2.45, 2.75) is 12.8 Å². The van der Waals surface area contributed by atoms with Crippen LogP contribution in [-0.2, 0) is 0 Å². The Labute approximate surface area is 140 Å². The maximum absolute atomic E-state index is 12.1. The standard InChI is InChI=1S/C14H16Br2N2O3/c1-3-4-5-6-18(2)14(21)17-12-10(13(19)20)7-9(15)8-11(12)16/h3,7-8H,1,4-6H2,2H3,(H,17,21)(H,19,20). The number of aromatic carboxylic acids is 1. The number of urea groups is 1. The maximum Gasteiger partial charge on any atom is 0.337 e. The molecule has 0 aliphatic carbocycles. The number of unbranched alkanes of at least 4 members (excludes halogenated alkanes) is 1. The predicted octanol–water partition coefficient (Wildman–Crippen LogP) is 4.34. The molecule has 0 aromatic heterocycles. The lowest BCUT2D eigenvalue weighted by Gasteiger charge is -2.19. The summed E-state index contributed by atoms with van der Waals surface area (Å²) < 4.78 is 1.12. The average molecular weight is 420 g/mol. The van der Waals surface area contributed by atoms with E-state index in [-0.39, 0.29) is 17.3 Å². The zero-order chi connectivity index (χ0) is 16.0. The van der Waals surface area contributed by atoms with Gasteiger partial charge in [-0.25, -0.2) is 9.59 Å². The van der Waals surface area contributed by atoms with Crippen molar-refractivity contribution < 1.29 is 14.7 Å². The molecule has 0 spiro atoms. The van der Waals surface area contributed by atoms with Crippen LogP contribution in [0.2, 0.25) is 0 Å². The van der Waals surface area contributed by atoms with Crippen LogP contribution in [0.25, 0.3) is 0 Å². The average Bonchev–Trinajstić information content (AvgIpc) is 2.41. The number of carbonyl (C=O) groups is 2. The minimum Gasteiger partial charge on any atom is -0.478 e. The number of hydrogen-bond acceptors (Lipinski definition) is 2. The van der Waals surface area contributed by atoms with Crippen LogP contribution < -0.4 is 5.32 Å². The highest BCUT2D eigenvalue weighted by atomic mass is 79.9. The molecule has 1 aromatic rings. The molecule has 1 rings (SSSR count). The first-order chi connectivity index (χ1) is 9.86. The molecule has 114 valence electrons. The van der Waals surface area contributed by atoms with Crippen molar-refractivity contribution in [3.63, 3.8) is 0 Å². The third-order valence-corrected chi connectivity index (χ3v) is 3.85. The van der Waals surface area contributed by atoms with Gasteiger partial charge in [0, 0.05) is 22.5 Å². The van der Waals surface area contributed by atoms with Gasteiger partial charge in [0.15, 0.2) is 0 Å². The Morgan fingerprint density at radius 3 is 2.67 bits per heavy atom. The van der Waals surface area contributed by atoms with Crippen molar-refractivity contribution in [2.24, 2.45) is 0 Å². The van der Waals surface area contributed by atoms with Crippen LogP contribution in [0.1, 0.15) is 23.2 Å². The van der Waals surface area contributed by atoms with Gasteiger partial charge in [0.25, 0.3) is 0 Å². The zero-order valence-electron chi connectivity index (χ0n) is 11.5. The van der Waals surface area contributed by atoms with Crippen molar-refractivity contribution in [3.05, 3.63) is 39.3 Å². The number of hydrogen-bond donors (Lipinski definition) is 2. The molecule has 0 unspecified atom stereocenters. The highest BCUT2D eigenvalue weighted by Crippen LogP contribution is 2.31. The maximum atomic E-state index is 12.1. The van der Waals surface area contributed by atoms with Gasteiger partial charge in [0.1, 0.15) is 0 Å². The van der Waals surface area contributed by atoms with Gasteiger partial charge >= 0.3 is 12.0 Å². The lowest BCUT2D eigenvalue weighted by atomic mass is 10.2. The van der Waals surface area contributed by atoms with Crippen LogP contribution in [0.4, 0.5) is 10.5 Å². The Hall–Kier alpha value is -1.34. The summed E-state index contributed by atoms with van der Waals surface area (Å²) in [7, 11) is 1.66. The summed E-state index contributed by atoms with van der Waals surface area (Å²) in [6, 6.07) is 2.77. The smallest absolute Gasteiger partial charge is 0.337 e. The number of halogens is 2. The van der Waals surface area contributed by atoms with Gasteiger partial charge in [0.05, 0.1) is 11.3 Å². The van der Waals surface area contributed by atoms with E-state index in [0.29, 0.717) is 15.5 Å². The molecule has 2 N–H and O–H groups in total. The number of nitrogens with one attached hydrogen (secondary N) is 1. The van der Waals surface area contributed by atoms with Gasteiger partial charge in [-0.1, -0.05) is 22.0 Å². The van der Waals surface area contributed by atoms with Crippen LogP contribution in [-0.4, -0.2) is 35.6 Å². The molecule has 0 bridgehead atoms. The van der Waals surface area contributed by atoms with Gasteiger partial charge in [-0.2, -0.15) is 0 Å². The number of carboxylic acids is 1. The van der Waals surface area contributed by atoms with Gasteiger partial charge in [-0.15, -0.1) is 6.58 Å². The summed E-state index contributed by atoms with van der Waals surface area (Å²) in [4.78, 5) is 24.9. The second-order valence-corrected chi connectivity index (χ2v) is 6.17. The topological polar surface area (TPSA) is 69.6 Å². The van der Waals surface area contributed by atoms with Crippen molar-refractivity contribution in [3.8, 4) is 0 Å². The fourth-order valence-electron chi connectivity index (χ4n) is 1.65. The zero-order valence-corrected chi connectivity index (χ0v) is 14.7. The Kier molecular flexibility index (Phi) is 6.91. The SMILES string of the molecule is C=CCCCN(C)C(=O)Nc1c(Br)cc(Br)cc1C(=O)O. The summed E-state index contributed by atoms with van der Waals surface area (Å²) in [6.45, 7) is 4.19. The second-order valence-electron chi connectivity index (χ2n) is 4.40. The molecule has 0 aliphatic heterocycles. The lowest BCUT2D eigenvalue weighted by Crippen LogP contribution is -2.32. The van der Waals surface area contributed by atoms with Gasteiger partial charge in [-0.05, 0) is 40.9 Å². The molecule has 7 heteroatoms. The molecule has 21 heavy (non-hydrogen) atoms. The summed E-state index contributed by atoms with van der Waals surface area (Å²) in [6.07, 6.45) is 3.42. The molecule has 0 heterocycles. The summed E-state index contributed by atoms with van der Waals surface area (Å²) in [5.41, 5.74) is 0.260. The van der Waals surface area contributed by atoms with Gasteiger partial charge in [-0.3, -0.25) is 0 Å². The van der Waals surface area contributed by atoms with E-state index in [4.69, 9.17) is 0 Å². The van der Waals surface area contributed by atoms with Crippen LogP contribution in [0.15, 0.2) is 33.7 Å². The van der Waals surface area contributed by atoms with Crippen molar-refractivity contribution in [1.82, 2.24) is 4.90 Å². The molecule has 0 radical (unpaired) electrons. The highest BCUT2D eigenvalue weighted by Gasteiger charge is 2.18. The second kappa shape index (κ2) is 8.19. The Morgan fingerprint density at radius 1 is 1.43 bits per heavy atom. The number of carboxylic acid groups (broad SMARTS) is 1. The molecule has 0 saturated carbocycles. The molecular formula is C14H16Br2N2O3. The fraction of sp³-hybridized carbons (Fsp3) is 0.286. The summed E-state index contributed by atoms with van der Waals surface area (Å²) in [5, 5.41) is 11.8. The molecular weight excluding hydrogens is 404 g/mol. The molecule has 0 atom stereocenters. The fourth-order valence-corrected chi connectivity index (χ4v) is 2.97. The largest absolute Gasteiger partial charge is 0.478 e. The van der Waals surface area contributed by atoms with E-state index in [1.807, 2.05) is 0 Å². The third kappa shape index (κ3) is 5.17. The number of allylic oxidation sites excluding steroid dienone is 1. The van der Waals surface area contributed by atoms with Crippen LogP contribution in [0.5, 0.6) is 0 Å². The number of anilines is 1. The van der Waals surface area contributed by atoms with E-state index in [1.165, 1.54) is 11.0 Å². The molecule has 5 nitrogen and oxygen atoms in total.